The molecule has 4 nitrogen and oxygen atoms in total. The second-order valence-corrected chi connectivity index (χ2v) is 6.45. The zero-order valence-electron chi connectivity index (χ0n) is 13.9. The lowest BCUT2D eigenvalue weighted by atomic mass is 9.94. The highest BCUT2D eigenvalue weighted by atomic mass is 16.3. The highest BCUT2D eigenvalue weighted by Crippen LogP contribution is 2.22. The quantitative estimate of drug-likeness (QED) is 0.610. The molecule has 1 saturated carbocycles. The molecule has 0 aromatic carbocycles. The first-order valence-electron chi connectivity index (χ1n) is 8.81. The van der Waals surface area contributed by atoms with Crippen LogP contribution >= 0.6 is 0 Å². The molecule has 1 fully saturated rings. The molecule has 0 bridgehead atoms. The van der Waals surface area contributed by atoms with E-state index in [0.717, 1.165) is 6.42 Å². The van der Waals surface area contributed by atoms with Crippen molar-refractivity contribution >= 4 is 5.91 Å². The number of unbranched alkanes of at least 4 members (excludes halogenated alkanes) is 2. The zero-order chi connectivity index (χ0) is 15.5. The number of aliphatic hydroxyl groups excluding tert-OH is 1. The van der Waals surface area contributed by atoms with Crippen LogP contribution in [0.4, 0.5) is 0 Å². The topological polar surface area (TPSA) is 52.6 Å². The number of hydrogen-bond donors (Lipinski definition) is 2. The molecule has 0 aromatic rings. The molecule has 0 heterocycles. The van der Waals surface area contributed by atoms with E-state index >= 15 is 0 Å². The summed E-state index contributed by atoms with van der Waals surface area (Å²) in [4.78, 5) is 14.4. The van der Waals surface area contributed by atoms with Gasteiger partial charge in [0.2, 0.25) is 5.91 Å². The van der Waals surface area contributed by atoms with E-state index in [1.165, 1.54) is 51.4 Å². The standard InChI is InChI=1S/C17H34N2O2/c1-3-4-6-9-15(2)18-17(21)14-19(12-13-20)16-10-7-5-8-11-16/h15-16,20H,3-14H2,1-2H3,(H,18,21). The number of carbonyl (C=O) groups is 1. The Balaban J connectivity index is 2.33. The molecule has 0 saturated heterocycles. The normalized spacial score (nSPS) is 17.9. The number of nitrogens with zero attached hydrogens (tertiary/aromatic N) is 1. The van der Waals surface area contributed by atoms with Gasteiger partial charge in [0.15, 0.2) is 0 Å². The third kappa shape index (κ3) is 7.82. The maximum atomic E-state index is 12.2. The summed E-state index contributed by atoms with van der Waals surface area (Å²) in [6, 6.07) is 0.735. The Labute approximate surface area is 130 Å². The molecule has 1 rings (SSSR count). The van der Waals surface area contributed by atoms with Crippen LogP contribution < -0.4 is 5.32 Å². The average Bonchev–Trinajstić information content (AvgIpc) is 2.48. The van der Waals surface area contributed by atoms with E-state index in [1.54, 1.807) is 0 Å². The highest BCUT2D eigenvalue weighted by molar-refractivity contribution is 5.78. The maximum absolute atomic E-state index is 12.2. The van der Waals surface area contributed by atoms with Crippen LogP contribution in [-0.2, 0) is 4.79 Å². The van der Waals surface area contributed by atoms with Crippen molar-refractivity contribution in [2.24, 2.45) is 0 Å². The molecule has 0 spiro atoms. The van der Waals surface area contributed by atoms with Gasteiger partial charge in [-0.15, -0.1) is 0 Å². The Morgan fingerprint density at radius 1 is 1.29 bits per heavy atom. The number of rotatable bonds is 10. The van der Waals surface area contributed by atoms with Gasteiger partial charge in [-0.2, -0.15) is 0 Å². The van der Waals surface area contributed by atoms with Crippen LogP contribution in [0.25, 0.3) is 0 Å². The summed E-state index contributed by atoms with van der Waals surface area (Å²) in [5.74, 6) is 0.109. The molecule has 124 valence electrons. The summed E-state index contributed by atoms with van der Waals surface area (Å²) < 4.78 is 0. The van der Waals surface area contributed by atoms with Gasteiger partial charge < -0.3 is 10.4 Å². The predicted octanol–water partition coefficient (Wildman–Crippen LogP) is 2.70. The lowest BCUT2D eigenvalue weighted by Crippen LogP contribution is -2.46. The van der Waals surface area contributed by atoms with Crippen LogP contribution in [0.15, 0.2) is 0 Å². The van der Waals surface area contributed by atoms with E-state index < -0.39 is 0 Å². The fraction of sp³-hybridized carbons (Fsp3) is 0.941. The minimum absolute atomic E-state index is 0.109. The van der Waals surface area contributed by atoms with Crippen LogP contribution in [0.2, 0.25) is 0 Å². The van der Waals surface area contributed by atoms with Crippen molar-refractivity contribution in [2.75, 3.05) is 19.7 Å². The van der Waals surface area contributed by atoms with Gasteiger partial charge in [0.1, 0.15) is 0 Å². The van der Waals surface area contributed by atoms with Crippen LogP contribution in [0, 0.1) is 0 Å². The fourth-order valence-corrected chi connectivity index (χ4v) is 3.24. The van der Waals surface area contributed by atoms with Crippen LogP contribution in [0.3, 0.4) is 0 Å². The van der Waals surface area contributed by atoms with Gasteiger partial charge in [-0.05, 0) is 26.2 Å². The molecule has 4 heteroatoms. The molecular weight excluding hydrogens is 264 g/mol. The summed E-state index contributed by atoms with van der Waals surface area (Å²) >= 11 is 0. The number of hydrogen-bond acceptors (Lipinski definition) is 3. The van der Waals surface area contributed by atoms with Crippen molar-refractivity contribution in [3.8, 4) is 0 Å². The first-order chi connectivity index (χ1) is 10.2. The highest BCUT2D eigenvalue weighted by Gasteiger charge is 2.22. The van der Waals surface area contributed by atoms with Crippen molar-refractivity contribution < 1.29 is 9.90 Å². The van der Waals surface area contributed by atoms with E-state index in [-0.39, 0.29) is 18.6 Å². The minimum Gasteiger partial charge on any atom is -0.395 e. The molecule has 1 atom stereocenters. The van der Waals surface area contributed by atoms with Crippen LogP contribution in [0.1, 0.15) is 71.6 Å². The molecule has 1 unspecified atom stereocenters. The van der Waals surface area contributed by atoms with Crippen molar-refractivity contribution in [1.29, 1.82) is 0 Å². The third-order valence-corrected chi connectivity index (χ3v) is 4.47. The molecule has 1 amide bonds. The van der Waals surface area contributed by atoms with E-state index in [4.69, 9.17) is 0 Å². The molecule has 2 N–H and O–H groups in total. The average molecular weight is 298 g/mol. The van der Waals surface area contributed by atoms with Crippen LogP contribution in [0.5, 0.6) is 0 Å². The van der Waals surface area contributed by atoms with Gasteiger partial charge in [-0.25, -0.2) is 0 Å². The minimum atomic E-state index is 0.109. The summed E-state index contributed by atoms with van der Waals surface area (Å²) in [6.07, 6.45) is 10.8. The summed E-state index contributed by atoms with van der Waals surface area (Å²) in [5, 5.41) is 12.3. The van der Waals surface area contributed by atoms with E-state index in [1.807, 2.05) is 0 Å². The van der Waals surface area contributed by atoms with E-state index in [0.29, 0.717) is 19.1 Å². The van der Waals surface area contributed by atoms with Gasteiger partial charge in [0.05, 0.1) is 13.2 Å². The Kier molecular flexibility index (Phi) is 9.68. The van der Waals surface area contributed by atoms with Gasteiger partial charge in [0, 0.05) is 18.6 Å². The van der Waals surface area contributed by atoms with Gasteiger partial charge in [0.25, 0.3) is 0 Å². The van der Waals surface area contributed by atoms with E-state index in [2.05, 4.69) is 24.1 Å². The summed E-state index contributed by atoms with van der Waals surface area (Å²) in [7, 11) is 0. The first kappa shape index (κ1) is 18.4. The van der Waals surface area contributed by atoms with Crippen molar-refractivity contribution in [1.82, 2.24) is 10.2 Å². The molecule has 1 aliphatic rings. The number of nitrogens with one attached hydrogen (secondary N) is 1. The lowest BCUT2D eigenvalue weighted by Gasteiger charge is -2.33. The van der Waals surface area contributed by atoms with Crippen LogP contribution in [-0.4, -0.2) is 47.7 Å². The maximum Gasteiger partial charge on any atom is 0.234 e. The molecular formula is C17H34N2O2. The third-order valence-electron chi connectivity index (χ3n) is 4.47. The summed E-state index contributed by atoms with van der Waals surface area (Å²) in [6.45, 7) is 5.46. The number of aliphatic hydroxyl groups is 1. The SMILES string of the molecule is CCCCCC(C)NC(=O)CN(CCO)C1CCCCC1. The molecule has 0 aromatic heterocycles. The Morgan fingerprint density at radius 3 is 2.62 bits per heavy atom. The first-order valence-corrected chi connectivity index (χ1v) is 8.81. The monoisotopic (exact) mass is 298 g/mol. The zero-order valence-corrected chi connectivity index (χ0v) is 13.9. The molecule has 0 radical (unpaired) electrons. The molecule has 0 aliphatic heterocycles. The second kappa shape index (κ2) is 11.0. The molecule has 21 heavy (non-hydrogen) atoms. The Hall–Kier alpha value is -0.610. The number of carbonyl (C=O) groups excluding carboxylic acids is 1. The smallest absolute Gasteiger partial charge is 0.234 e. The van der Waals surface area contributed by atoms with Crippen molar-refractivity contribution in [2.45, 2.75) is 83.7 Å². The van der Waals surface area contributed by atoms with Gasteiger partial charge in [-0.3, -0.25) is 9.69 Å². The van der Waals surface area contributed by atoms with Crippen molar-refractivity contribution in [3.05, 3.63) is 0 Å². The Morgan fingerprint density at radius 2 is 2.00 bits per heavy atom. The molecule has 1 aliphatic carbocycles. The van der Waals surface area contributed by atoms with Gasteiger partial charge >= 0.3 is 0 Å². The Bertz CT molecular complexity index is 278. The summed E-state index contributed by atoms with van der Waals surface area (Å²) in [5.41, 5.74) is 0. The van der Waals surface area contributed by atoms with Gasteiger partial charge in [-0.1, -0.05) is 45.4 Å². The second-order valence-electron chi connectivity index (χ2n) is 6.45. The lowest BCUT2D eigenvalue weighted by molar-refractivity contribution is -0.123. The predicted molar refractivity (Wildman–Crippen MR) is 87.3 cm³/mol. The van der Waals surface area contributed by atoms with Crippen molar-refractivity contribution in [3.63, 3.8) is 0 Å². The number of amides is 1. The largest absolute Gasteiger partial charge is 0.395 e. The fourth-order valence-electron chi connectivity index (χ4n) is 3.24. The van der Waals surface area contributed by atoms with E-state index in [9.17, 15) is 9.90 Å².